The second kappa shape index (κ2) is 28.7. The van der Waals surface area contributed by atoms with Crippen LogP contribution in [-0.4, -0.2) is 111 Å². The third-order valence-electron chi connectivity index (χ3n) is 13.1. The highest BCUT2D eigenvalue weighted by molar-refractivity contribution is 7.93. The first kappa shape index (κ1) is 65.2. The summed E-state index contributed by atoms with van der Waals surface area (Å²) in [5.74, 6) is -2.92. The van der Waals surface area contributed by atoms with Crippen LogP contribution < -0.4 is 29.5 Å². The summed E-state index contributed by atoms with van der Waals surface area (Å²) in [6, 6.07) is 31.3. The molecule has 0 spiro atoms. The summed E-state index contributed by atoms with van der Waals surface area (Å²) in [6.07, 6.45) is 1.33. The van der Waals surface area contributed by atoms with E-state index in [4.69, 9.17) is 34.1 Å². The number of hydrogen-bond acceptors (Lipinski definition) is 18. The van der Waals surface area contributed by atoms with Crippen molar-refractivity contribution in [3.05, 3.63) is 160 Å². The van der Waals surface area contributed by atoms with Gasteiger partial charge in [0.2, 0.25) is 11.8 Å². The molecule has 5 N–H and O–H groups in total. The number of nitrogens with one attached hydrogen (secondary N) is 3. The average Bonchev–Trinajstić information content (AvgIpc) is 4.49. The molecular formula is C55H63BN5O18S2. The molecule has 26 heteroatoms. The third-order valence-corrected chi connectivity index (χ3v) is 16.3. The molecule has 7 rings (SSSR count). The van der Waals surface area contributed by atoms with Gasteiger partial charge in [-0.05, 0) is 136 Å². The molecule has 2 amide bonds. The number of non-ortho nitro benzene ring substituents is 1. The molecule has 0 aromatic heterocycles. The normalized spacial score (nSPS) is 17.4. The summed E-state index contributed by atoms with van der Waals surface area (Å²) in [4.78, 5) is 70.1. The van der Waals surface area contributed by atoms with E-state index in [1.165, 1.54) is 62.0 Å². The molecule has 4 atom stereocenters. The number of rotatable bonds is 23. The van der Waals surface area contributed by atoms with Crippen LogP contribution in [0.2, 0.25) is 0 Å². The third kappa shape index (κ3) is 16.4. The highest BCUT2D eigenvalue weighted by Crippen LogP contribution is 2.57. The average molecular weight is 1160 g/mol. The van der Waals surface area contributed by atoms with Crippen molar-refractivity contribution < 1.29 is 79.8 Å². The number of nitro benzene ring substituents is 1. The van der Waals surface area contributed by atoms with E-state index >= 15 is 0 Å². The van der Waals surface area contributed by atoms with Gasteiger partial charge in [0.05, 0.1) is 77.1 Å². The van der Waals surface area contributed by atoms with E-state index in [0.29, 0.717) is 41.5 Å². The predicted molar refractivity (Wildman–Crippen MR) is 295 cm³/mol. The van der Waals surface area contributed by atoms with Gasteiger partial charge in [-0.25, -0.2) is 32.6 Å². The maximum atomic E-state index is 12.9. The molecule has 81 heavy (non-hydrogen) atoms. The zero-order chi connectivity index (χ0) is 59.0. The smallest absolute Gasteiger partial charge is 0.333 e. The Hall–Kier alpha value is -8.33. The number of amides is 2. The van der Waals surface area contributed by atoms with E-state index in [9.17, 15) is 50.9 Å². The zero-order valence-corrected chi connectivity index (χ0v) is 46.9. The van der Waals surface area contributed by atoms with Gasteiger partial charge < -0.3 is 23.7 Å². The Bertz CT molecular complexity index is 3240. The Morgan fingerprint density at radius 3 is 1.44 bits per heavy atom. The lowest BCUT2D eigenvalue weighted by atomic mass is 9.93. The Labute approximate surface area is 471 Å². The van der Waals surface area contributed by atoms with Crippen LogP contribution in [0.3, 0.4) is 0 Å². The Morgan fingerprint density at radius 1 is 0.642 bits per heavy atom. The Kier molecular flexibility index (Phi) is 23.1. The Balaban J connectivity index is 0.000000272. The molecule has 2 fully saturated rings. The lowest BCUT2D eigenvalue weighted by Crippen LogP contribution is -2.30. The van der Waals surface area contributed by atoms with Crippen molar-refractivity contribution >= 4 is 75.2 Å². The van der Waals surface area contributed by atoms with E-state index in [1.54, 1.807) is 117 Å². The molecule has 2 unspecified atom stereocenters. The molecular weight excluding hydrogens is 1090 g/mol. The number of nitrogens with zero attached hydrogens (tertiary/aromatic N) is 2. The lowest BCUT2D eigenvalue weighted by molar-refractivity contribution is -0.384. The minimum atomic E-state index is -3.78. The highest BCUT2D eigenvalue weighted by Gasteiger charge is 2.65. The number of methoxy groups -OCH3 is 2. The van der Waals surface area contributed by atoms with Crippen LogP contribution in [0.5, 0.6) is 11.5 Å². The first-order valence-corrected chi connectivity index (χ1v) is 27.7. The fraction of sp³-hybridized carbons (Fsp3) is 0.327. The van der Waals surface area contributed by atoms with Gasteiger partial charge in [0.1, 0.15) is 11.5 Å². The molecule has 2 aliphatic rings. The van der Waals surface area contributed by atoms with Crippen LogP contribution in [0.1, 0.15) is 50.3 Å². The largest absolute Gasteiger partial charge is 0.497 e. The summed E-state index contributed by atoms with van der Waals surface area (Å²) >= 11 is 0. The first-order valence-electron chi connectivity index (χ1n) is 24.8. The number of carbonyl (C=O) groups is 5. The predicted octanol–water partition coefficient (Wildman–Crippen LogP) is 6.13. The number of esters is 3. The second-order valence-electron chi connectivity index (χ2n) is 18.3. The van der Waals surface area contributed by atoms with Crippen molar-refractivity contribution in [1.82, 2.24) is 11.0 Å². The fourth-order valence-electron chi connectivity index (χ4n) is 8.53. The molecule has 2 aliphatic carbocycles. The van der Waals surface area contributed by atoms with E-state index in [-0.39, 0.29) is 62.8 Å². The molecule has 5 aromatic carbocycles. The zero-order valence-electron chi connectivity index (χ0n) is 45.3. The number of carbonyl (C=O) groups excluding carboxylic acids is 5. The summed E-state index contributed by atoms with van der Waals surface area (Å²) in [6.45, 7) is 9.37. The standard InChI is InChI=1S/C22H26N2O7S.C21H24N2O7S.C12H13NO4.B/c1-4-31-21(26)22(14-19(22)20(25)23-27)13-15-5-7-16(8-6-15)24(2)32(28,29)18-11-9-17(30-3)10-12-18;1-3-30-20(25)21(13-18(21)19(24)22-26)12-14-4-6-15(7-5-14)23-31(27,28)17-10-8-16(29-2)9-11-17;1-3-17-12(14)9(2)8-10-4-6-11(7-5-10)13(15)16;/h5-12,19,27H,4,13-14H2,1-3H3,(H,23,25);4-11,18,23,26H,3,12-13H2,1-2H3,(H,22,24);4-7H,2-3,8H2,1H3;/t19?,22-;18?,21-;;/m00../s1. The molecule has 0 aliphatic heterocycles. The number of nitro groups is 1. The maximum Gasteiger partial charge on any atom is 0.333 e. The van der Waals surface area contributed by atoms with Gasteiger partial charge in [0, 0.05) is 45.3 Å². The number of anilines is 2. The van der Waals surface area contributed by atoms with Gasteiger partial charge in [-0.1, -0.05) is 43.0 Å². The number of hydrogen-bond donors (Lipinski definition) is 5. The molecule has 2 saturated carbocycles. The van der Waals surface area contributed by atoms with Gasteiger partial charge in [0.25, 0.3) is 25.7 Å². The van der Waals surface area contributed by atoms with Crippen LogP contribution in [0.25, 0.3) is 0 Å². The van der Waals surface area contributed by atoms with Crippen LogP contribution in [0.4, 0.5) is 17.1 Å². The fourth-order valence-corrected chi connectivity index (χ4v) is 10.8. The molecule has 23 nitrogen and oxygen atoms in total. The van der Waals surface area contributed by atoms with E-state index in [2.05, 4.69) is 11.3 Å². The van der Waals surface area contributed by atoms with Crippen molar-refractivity contribution in [2.75, 3.05) is 50.1 Å². The monoisotopic (exact) mass is 1160 g/mol. The molecule has 5 aromatic rings. The second-order valence-corrected chi connectivity index (χ2v) is 21.9. The lowest BCUT2D eigenvalue weighted by Gasteiger charge is -2.21. The molecule has 0 bridgehead atoms. The van der Waals surface area contributed by atoms with E-state index in [1.807, 2.05) is 0 Å². The van der Waals surface area contributed by atoms with Crippen molar-refractivity contribution in [2.45, 2.75) is 62.7 Å². The van der Waals surface area contributed by atoms with Gasteiger partial charge >= 0.3 is 17.9 Å². The van der Waals surface area contributed by atoms with Crippen molar-refractivity contribution in [1.29, 1.82) is 0 Å². The van der Waals surface area contributed by atoms with Gasteiger partial charge in [0.15, 0.2) is 0 Å². The molecule has 0 heterocycles. The van der Waals surface area contributed by atoms with Gasteiger partial charge in [-0.3, -0.25) is 48.7 Å². The van der Waals surface area contributed by atoms with Crippen LogP contribution >= 0.6 is 0 Å². The van der Waals surface area contributed by atoms with Crippen LogP contribution in [-0.2, 0) is 77.5 Å². The van der Waals surface area contributed by atoms with Gasteiger partial charge in [-0.15, -0.1) is 0 Å². The topological polar surface area (TPSA) is 323 Å². The minimum absolute atomic E-state index is 0. The molecule has 431 valence electrons. The molecule has 3 radical (unpaired) electrons. The first-order chi connectivity index (χ1) is 38.0. The van der Waals surface area contributed by atoms with Crippen LogP contribution in [0.15, 0.2) is 143 Å². The summed E-state index contributed by atoms with van der Waals surface area (Å²) in [7, 11) is -3.10. The number of hydroxylamine groups is 2. The summed E-state index contributed by atoms with van der Waals surface area (Å²) in [5, 5.41) is 28.3. The SMILES string of the molecule is C=C(Cc1ccc([N+](=O)[O-])cc1)C(=O)OCC.CCOC(=O)[C@@]1(Cc2ccc(N(C)S(=O)(=O)c3ccc(OC)cc3)cc2)CC1C(=O)NO.CCOC(=O)[C@@]1(Cc2ccc(NS(=O)(=O)c3ccc(OC)cc3)cc2)CC1C(=O)NO.[B]. The Morgan fingerprint density at radius 2 is 1.05 bits per heavy atom. The summed E-state index contributed by atoms with van der Waals surface area (Å²) in [5.41, 5.74) is 4.53. The van der Waals surface area contributed by atoms with Gasteiger partial charge in [-0.2, -0.15) is 0 Å². The van der Waals surface area contributed by atoms with Crippen molar-refractivity contribution in [3.8, 4) is 11.5 Å². The van der Waals surface area contributed by atoms with E-state index in [0.717, 1.165) is 16.7 Å². The van der Waals surface area contributed by atoms with Crippen molar-refractivity contribution in [2.24, 2.45) is 22.7 Å². The number of benzene rings is 5. The molecule has 0 saturated heterocycles. The maximum absolute atomic E-state index is 12.9. The minimum Gasteiger partial charge on any atom is -0.497 e. The summed E-state index contributed by atoms with van der Waals surface area (Å²) < 4.78 is 79.8. The van der Waals surface area contributed by atoms with E-state index < -0.39 is 77.4 Å². The quantitative estimate of drug-likeness (QED) is 0.00934. The number of sulfonamides is 2. The van der Waals surface area contributed by atoms with Crippen LogP contribution in [0, 0.1) is 32.8 Å². The van der Waals surface area contributed by atoms with Crippen molar-refractivity contribution in [3.63, 3.8) is 0 Å². The highest BCUT2D eigenvalue weighted by atomic mass is 32.2. The number of ether oxygens (including phenoxy) is 5.